The van der Waals surface area contributed by atoms with E-state index >= 15 is 0 Å². The van der Waals surface area contributed by atoms with E-state index in [0.29, 0.717) is 4.88 Å². The molecule has 0 aliphatic heterocycles. The molecule has 13 heavy (non-hydrogen) atoms. The first-order valence-electron chi connectivity index (χ1n) is 3.90. The van der Waals surface area contributed by atoms with Crippen LogP contribution < -0.4 is 0 Å². The number of Topliss-reactive ketones (excluding diaryl/α,β-unsaturated/α-hetero) is 1. The number of aliphatic carboxylic acids is 1. The molecule has 0 aromatic carbocycles. The van der Waals surface area contributed by atoms with Crippen LogP contribution in [0.5, 0.6) is 0 Å². The zero-order valence-corrected chi connectivity index (χ0v) is 8.00. The van der Waals surface area contributed by atoms with Crippen LogP contribution >= 0.6 is 11.3 Å². The Bertz CT molecular complexity index is 303. The molecule has 0 fully saturated rings. The predicted molar refractivity (Wildman–Crippen MR) is 50.1 cm³/mol. The fourth-order valence-corrected chi connectivity index (χ4v) is 1.79. The zero-order valence-electron chi connectivity index (χ0n) is 7.19. The topological polar surface area (TPSA) is 54.4 Å². The highest BCUT2D eigenvalue weighted by Crippen LogP contribution is 2.16. The van der Waals surface area contributed by atoms with Gasteiger partial charge in [0.15, 0.2) is 5.78 Å². The van der Waals surface area contributed by atoms with Crippen LogP contribution in [0.3, 0.4) is 0 Å². The molecule has 0 aliphatic carbocycles. The van der Waals surface area contributed by atoms with Gasteiger partial charge in [0.25, 0.3) is 0 Å². The molecule has 0 saturated heterocycles. The maximum Gasteiger partial charge on any atom is 0.304 e. The van der Waals surface area contributed by atoms with Crippen molar-refractivity contribution in [3.63, 3.8) is 0 Å². The predicted octanol–water partition coefficient (Wildman–Crippen LogP) is 2.04. The summed E-state index contributed by atoms with van der Waals surface area (Å²) >= 11 is 1.34. The third kappa shape index (κ3) is 2.66. The lowest BCUT2D eigenvalue weighted by molar-refractivity contribution is -0.137. The molecule has 0 radical (unpaired) electrons. The maximum atomic E-state index is 11.5. The lowest BCUT2D eigenvalue weighted by Gasteiger charge is -2.04. The second-order valence-corrected chi connectivity index (χ2v) is 3.79. The summed E-state index contributed by atoms with van der Waals surface area (Å²) in [6.45, 7) is 1.64. The average Bonchev–Trinajstić information content (AvgIpc) is 2.53. The summed E-state index contributed by atoms with van der Waals surface area (Å²) in [6, 6.07) is 3.50. The van der Waals surface area contributed by atoms with Crippen molar-refractivity contribution in [3.8, 4) is 0 Å². The maximum absolute atomic E-state index is 11.5. The Balaban J connectivity index is 2.63. The lowest BCUT2D eigenvalue weighted by Crippen LogP contribution is -2.14. The standard InChI is InChI=1S/C9H10O3S/c1-6(5-8(10)11)9(12)7-3-2-4-13-7/h2-4,6H,5H2,1H3,(H,10,11). The summed E-state index contributed by atoms with van der Waals surface area (Å²) in [7, 11) is 0. The molecule has 4 heteroatoms. The van der Waals surface area contributed by atoms with Crippen LogP contribution in [0.25, 0.3) is 0 Å². The van der Waals surface area contributed by atoms with Gasteiger partial charge < -0.3 is 5.11 Å². The molecule has 1 rings (SSSR count). The largest absolute Gasteiger partial charge is 0.481 e. The third-order valence-electron chi connectivity index (χ3n) is 1.69. The van der Waals surface area contributed by atoms with Crippen molar-refractivity contribution >= 4 is 23.1 Å². The number of thiophene rings is 1. The van der Waals surface area contributed by atoms with Crippen molar-refractivity contribution in [1.82, 2.24) is 0 Å². The Labute approximate surface area is 80.0 Å². The molecule has 1 N–H and O–H groups in total. The molecule has 1 aromatic rings. The van der Waals surface area contributed by atoms with Crippen LogP contribution in [0.15, 0.2) is 17.5 Å². The highest BCUT2D eigenvalue weighted by Gasteiger charge is 2.18. The average molecular weight is 198 g/mol. The van der Waals surface area contributed by atoms with Gasteiger partial charge in [0, 0.05) is 5.92 Å². The normalized spacial score (nSPS) is 12.4. The molecule has 70 valence electrons. The summed E-state index contributed by atoms with van der Waals surface area (Å²) < 4.78 is 0. The summed E-state index contributed by atoms with van der Waals surface area (Å²) in [5.41, 5.74) is 0. The molecule has 0 aliphatic rings. The molecular weight excluding hydrogens is 188 g/mol. The zero-order chi connectivity index (χ0) is 9.84. The quantitative estimate of drug-likeness (QED) is 0.753. The minimum absolute atomic E-state index is 0.0857. The summed E-state index contributed by atoms with van der Waals surface area (Å²) in [6.07, 6.45) is -0.100. The van der Waals surface area contributed by atoms with Crippen LogP contribution in [0.4, 0.5) is 0 Å². The number of hydrogen-bond donors (Lipinski definition) is 1. The number of carbonyl (C=O) groups excluding carboxylic acids is 1. The number of ketones is 1. The van der Waals surface area contributed by atoms with Gasteiger partial charge in [0.2, 0.25) is 0 Å². The van der Waals surface area contributed by atoms with Crippen molar-refractivity contribution in [2.45, 2.75) is 13.3 Å². The van der Waals surface area contributed by atoms with E-state index in [1.54, 1.807) is 24.4 Å². The first-order valence-corrected chi connectivity index (χ1v) is 4.78. The Kier molecular flexibility index (Phi) is 3.19. The minimum Gasteiger partial charge on any atom is -0.481 e. The third-order valence-corrected chi connectivity index (χ3v) is 2.58. The van der Waals surface area contributed by atoms with E-state index in [-0.39, 0.29) is 12.2 Å². The van der Waals surface area contributed by atoms with Crippen molar-refractivity contribution in [3.05, 3.63) is 22.4 Å². The van der Waals surface area contributed by atoms with Gasteiger partial charge in [-0.3, -0.25) is 9.59 Å². The van der Waals surface area contributed by atoms with Crippen LogP contribution in [-0.4, -0.2) is 16.9 Å². The number of rotatable bonds is 4. The van der Waals surface area contributed by atoms with Crippen LogP contribution in [0.1, 0.15) is 23.0 Å². The summed E-state index contributed by atoms with van der Waals surface area (Å²) in [4.78, 5) is 22.5. The summed E-state index contributed by atoms with van der Waals surface area (Å²) in [5.74, 6) is -1.45. The van der Waals surface area contributed by atoms with Gasteiger partial charge >= 0.3 is 5.97 Å². The molecule has 1 aromatic heterocycles. The minimum atomic E-state index is -0.933. The van der Waals surface area contributed by atoms with E-state index in [1.807, 2.05) is 0 Å². The van der Waals surface area contributed by atoms with E-state index in [0.717, 1.165) is 0 Å². The molecule has 1 unspecified atom stereocenters. The van der Waals surface area contributed by atoms with Gasteiger partial charge in [-0.15, -0.1) is 11.3 Å². The molecule has 1 atom stereocenters. The number of carbonyl (C=O) groups is 2. The Morgan fingerprint density at radius 3 is 2.77 bits per heavy atom. The van der Waals surface area contributed by atoms with Crippen LogP contribution in [0.2, 0.25) is 0 Å². The number of carboxylic acids is 1. The van der Waals surface area contributed by atoms with Crippen molar-refractivity contribution in [2.75, 3.05) is 0 Å². The molecular formula is C9H10O3S. The molecule has 3 nitrogen and oxygen atoms in total. The Hall–Kier alpha value is -1.16. The molecule has 0 spiro atoms. The van der Waals surface area contributed by atoms with E-state index in [9.17, 15) is 9.59 Å². The summed E-state index contributed by atoms with van der Waals surface area (Å²) in [5, 5.41) is 10.3. The Morgan fingerprint density at radius 1 is 1.62 bits per heavy atom. The number of hydrogen-bond acceptors (Lipinski definition) is 3. The van der Waals surface area contributed by atoms with Gasteiger partial charge in [-0.1, -0.05) is 13.0 Å². The second kappa shape index (κ2) is 4.18. The first-order chi connectivity index (χ1) is 6.11. The van der Waals surface area contributed by atoms with E-state index in [4.69, 9.17) is 5.11 Å². The SMILES string of the molecule is CC(CC(=O)O)C(=O)c1cccs1. The molecule has 0 amide bonds. The molecule has 0 bridgehead atoms. The molecule has 0 saturated carbocycles. The smallest absolute Gasteiger partial charge is 0.304 e. The monoisotopic (exact) mass is 198 g/mol. The van der Waals surface area contributed by atoms with E-state index in [2.05, 4.69) is 0 Å². The second-order valence-electron chi connectivity index (χ2n) is 2.84. The fraction of sp³-hybridized carbons (Fsp3) is 0.333. The van der Waals surface area contributed by atoms with Crippen molar-refractivity contribution < 1.29 is 14.7 Å². The van der Waals surface area contributed by atoms with Gasteiger partial charge in [-0.2, -0.15) is 0 Å². The van der Waals surface area contributed by atoms with Crippen molar-refractivity contribution in [1.29, 1.82) is 0 Å². The molecule has 1 heterocycles. The van der Waals surface area contributed by atoms with Crippen LogP contribution in [0, 0.1) is 5.92 Å². The highest BCUT2D eigenvalue weighted by molar-refractivity contribution is 7.12. The van der Waals surface area contributed by atoms with Gasteiger partial charge in [0.1, 0.15) is 0 Å². The number of carboxylic acid groups (broad SMARTS) is 1. The highest BCUT2D eigenvalue weighted by atomic mass is 32.1. The van der Waals surface area contributed by atoms with E-state index in [1.165, 1.54) is 11.3 Å². The Morgan fingerprint density at radius 2 is 2.31 bits per heavy atom. The lowest BCUT2D eigenvalue weighted by atomic mass is 10.0. The van der Waals surface area contributed by atoms with Crippen LogP contribution in [-0.2, 0) is 4.79 Å². The van der Waals surface area contributed by atoms with E-state index < -0.39 is 11.9 Å². The van der Waals surface area contributed by atoms with Crippen molar-refractivity contribution in [2.24, 2.45) is 5.92 Å². The van der Waals surface area contributed by atoms with Gasteiger partial charge in [-0.25, -0.2) is 0 Å². The fourth-order valence-electron chi connectivity index (χ4n) is 1.02. The first kappa shape index (κ1) is 9.92. The van der Waals surface area contributed by atoms with Gasteiger partial charge in [-0.05, 0) is 11.4 Å². The van der Waals surface area contributed by atoms with Gasteiger partial charge in [0.05, 0.1) is 11.3 Å².